The Hall–Kier alpha value is -3.39. The maximum Gasteiger partial charge on any atom is 0.295 e. The minimum atomic E-state index is -0.874. The van der Waals surface area contributed by atoms with Crippen molar-refractivity contribution in [2.75, 3.05) is 41.4 Å². The summed E-state index contributed by atoms with van der Waals surface area (Å²) in [6, 6.07) is 9.97. The Morgan fingerprint density at radius 1 is 1.10 bits per heavy atom. The van der Waals surface area contributed by atoms with Crippen molar-refractivity contribution in [2.45, 2.75) is 6.04 Å². The van der Waals surface area contributed by atoms with Gasteiger partial charge in [-0.2, -0.15) is 0 Å². The molecule has 1 amide bonds. The molecular weight excluding hydrogens is 403 g/mol. The van der Waals surface area contributed by atoms with Crippen LogP contribution in [0.4, 0.5) is 4.39 Å². The molecule has 1 aliphatic rings. The second kappa shape index (κ2) is 9.18. The number of likely N-dealkylation sites (N-methyl/N-ethyl adjacent to an activating group) is 1. The smallest absolute Gasteiger partial charge is 0.295 e. The largest absolute Gasteiger partial charge is 0.507 e. The van der Waals surface area contributed by atoms with Crippen LogP contribution >= 0.6 is 0 Å². The summed E-state index contributed by atoms with van der Waals surface area (Å²) < 4.78 is 24.6. The molecule has 1 N–H and O–H groups in total. The number of amides is 1. The van der Waals surface area contributed by atoms with Crippen molar-refractivity contribution in [1.82, 2.24) is 9.80 Å². The predicted molar refractivity (Wildman–Crippen MR) is 114 cm³/mol. The molecular formula is C23H25FN2O5. The van der Waals surface area contributed by atoms with Crippen molar-refractivity contribution in [3.05, 3.63) is 65.0 Å². The van der Waals surface area contributed by atoms with Gasteiger partial charge in [0, 0.05) is 24.2 Å². The Morgan fingerprint density at radius 2 is 1.77 bits per heavy atom. The number of nitrogens with zero attached hydrogens (tertiary/aromatic N) is 2. The van der Waals surface area contributed by atoms with Gasteiger partial charge in [-0.05, 0) is 38.4 Å². The van der Waals surface area contributed by atoms with Crippen LogP contribution in [-0.2, 0) is 9.59 Å². The second-order valence-corrected chi connectivity index (χ2v) is 7.39. The number of ether oxygens (including phenoxy) is 2. The highest BCUT2D eigenvalue weighted by molar-refractivity contribution is 6.46. The topological polar surface area (TPSA) is 79.3 Å². The van der Waals surface area contributed by atoms with E-state index in [9.17, 15) is 19.1 Å². The third-order valence-electron chi connectivity index (χ3n) is 5.19. The fourth-order valence-corrected chi connectivity index (χ4v) is 3.60. The molecule has 0 aliphatic carbocycles. The minimum Gasteiger partial charge on any atom is -0.507 e. The minimum absolute atomic E-state index is 0.00395. The molecule has 2 aromatic rings. The zero-order valence-electron chi connectivity index (χ0n) is 17.9. The number of methoxy groups -OCH3 is 2. The summed E-state index contributed by atoms with van der Waals surface area (Å²) in [4.78, 5) is 29.2. The number of para-hydroxylation sites is 1. The van der Waals surface area contributed by atoms with E-state index in [1.165, 1.54) is 31.3 Å². The highest BCUT2D eigenvalue weighted by atomic mass is 19.1. The van der Waals surface area contributed by atoms with Gasteiger partial charge in [-0.15, -0.1) is 0 Å². The Balaban J connectivity index is 2.20. The van der Waals surface area contributed by atoms with Crippen LogP contribution in [0, 0.1) is 5.82 Å². The fourth-order valence-electron chi connectivity index (χ4n) is 3.60. The van der Waals surface area contributed by atoms with E-state index in [-0.39, 0.29) is 23.4 Å². The van der Waals surface area contributed by atoms with Crippen molar-refractivity contribution in [3.8, 4) is 11.5 Å². The van der Waals surface area contributed by atoms with Gasteiger partial charge >= 0.3 is 0 Å². The molecule has 0 saturated carbocycles. The zero-order chi connectivity index (χ0) is 22.7. The summed E-state index contributed by atoms with van der Waals surface area (Å²) >= 11 is 0. The molecule has 1 atom stereocenters. The van der Waals surface area contributed by atoms with Crippen LogP contribution in [-0.4, -0.2) is 68.0 Å². The Bertz CT molecular complexity index is 1030. The molecule has 1 aliphatic heterocycles. The van der Waals surface area contributed by atoms with Gasteiger partial charge < -0.3 is 24.4 Å². The van der Waals surface area contributed by atoms with Crippen LogP contribution in [0.5, 0.6) is 11.5 Å². The van der Waals surface area contributed by atoms with Crippen LogP contribution < -0.4 is 9.47 Å². The van der Waals surface area contributed by atoms with Crippen molar-refractivity contribution in [2.24, 2.45) is 0 Å². The molecule has 31 heavy (non-hydrogen) atoms. The molecule has 7 nitrogen and oxygen atoms in total. The quantitative estimate of drug-likeness (QED) is 0.415. The van der Waals surface area contributed by atoms with Gasteiger partial charge in [0.2, 0.25) is 0 Å². The lowest BCUT2D eigenvalue weighted by Gasteiger charge is -2.27. The van der Waals surface area contributed by atoms with E-state index in [4.69, 9.17) is 9.47 Å². The first kappa shape index (κ1) is 22.3. The Kier molecular flexibility index (Phi) is 6.60. The van der Waals surface area contributed by atoms with Gasteiger partial charge in [-0.3, -0.25) is 9.59 Å². The number of rotatable bonds is 7. The molecule has 8 heteroatoms. The van der Waals surface area contributed by atoms with Gasteiger partial charge in [-0.25, -0.2) is 4.39 Å². The SMILES string of the molecule is COc1ccc(/C(O)=C2\C(=O)C(=O)N(CCN(C)C)[C@@H]2c2ccccc2OC)cc1F. The molecule has 1 heterocycles. The second-order valence-electron chi connectivity index (χ2n) is 7.39. The van der Waals surface area contributed by atoms with Crippen LogP contribution in [0.15, 0.2) is 48.0 Å². The number of Topliss-reactive ketones (excluding diaryl/α,β-unsaturated/α-hetero) is 1. The molecule has 3 rings (SSSR count). The third kappa shape index (κ3) is 4.25. The standard InChI is InChI=1S/C23H25FN2O5/c1-25(2)11-12-26-20(15-7-5-6-8-17(15)30-3)19(22(28)23(26)29)21(27)14-9-10-18(31-4)16(24)13-14/h5-10,13,20,27H,11-12H2,1-4H3/b21-19+/t20-/m1/s1. The monoisotopic (exact) mass is 428 g/mol. The third-order valence-corrected chi connectivity index (χ3v) is 5.19. The van der Waals surface area contributed by atoms with E-state index in [1.807, 2.05) is 19.0 Å². The zero-order valence-corrected chi connectivity index (χ0v) is 17.9. The van der Waals surface area contributed by atoms with Crippen molar-refractivity contribution in [1.29, 1.82) is 0 Å². The van der Waals surface area contributed by atoms with E-state index in [2.05, 4.69) is 0 Å². The number of aliphatic hydroxyl groups is 1. The molecule has 0 aromatic heterocycles. The average molecular weight is 428 g/mol. The Morgan fingerprint density at radius 3 is 2.39 bits per heavy atom. The number of ketones is 1. The number of halogens is 1. The lowest BCUT2D eigenvalue weighted by atomic mass is 9.94. The first-order chi connectivity index (χ1) is 14.8. The van der Waals surface area contributed by atoms with Crippen LogP contribution in [0.25, 0.3) is 5.76 Å². The van der Waals surface area contributed by atoms with Crippen LogP contribution in [0.1, 0.15) is 17.2 Å². The van der Waals surface area contributed by atoms with E-state index in [0.29, 0.717) is 17.9 Å². The first-order valence-electron chi connectivity index (χ1n) is 9.70. The Labute approximate surface area is 180 Å². The van der Waals surface area contributed by atoms with Gasteiger partial charge in [0.25, 0.3) is 11.7 Å². The number of aliphatic hydroxyl groups excluding tert-OH is 1. The summed E-state index contributed by atoms with van der Waals surface area (Å²) in [5, 5.41) is 11.0. The molecule has 0 spiro atoms. The van der Waals surface area contributed by atoms with Crippen molar-refractivity contribution >= 4 is 17.4 Å². The number of hydrogen-bond donors (Lipinski definition) is 1. The van der Waals surface area contributed by atoms with E-state index in [0.717, 1.165) is 6.07 Å². The molecule has 2 aromatic carbocycles. The fraction of sp³-hybridized carbons (Fsp3) is 0.304. The summed E-state index contributed by atoms with van der Waals surface area (Å²) in [6.07, 6.45) is 0. The average Bonchev–Trinajstić information content (AvgIpc) is 3.01. The maximum atomic E-state index is 14.3. The number of benzene rings is 2. The summed E-state index contributed by atoms with van der Waals surface area (Å²) in [5.41, 5.74) is 0.514. The lowest BCUT2D eigenvalue weighted by molar-refractivity contribution is -0.140. The summed E-state index contributed by atoms with van der Waals surface area (Å²) in [6.45, 7) is 0.768. The number of hydrogen-bond acceptors (Lipinski definition) is 6. The van der Waals surface area contributed by atoms with E-state index in [1.54, 1.807) is 24.3 Å². The number of carbonyl (C=O) groups is 2. The molecule has 1 fully saturated rings. The molecule has 0 bridgehead atoms. The van der Waals surface area contributed by atoms with E-state index >= 15 is 0 Å². The van der Waals surface area contributed by atoms with Gasteiger partial charge in [0.05, 0.1) is 25.8 Å². The summed E-state index contributed by atoms with van der Waals surface area (Å²) in [5.74, 6) is -2.23. The lowest BCUT2D eigenvalue weighted by Crippen LogP contribution is -2.35. The number of carbonyl (C=O) groups excluding carboxylic acids is 2. The highest BCUT2D eigenvalue weighted by Crippen LogP contribution is 2.42. The first-order valence-corrected chi connectivity index (χ1v) is 9.70. The van der Waals surface area contributed by atoms with Gasteiger partial charge in [0.15, 0.2) is 11.6 Å². The normalized spacial score (nSPS) is 18.0. The molecule has 0 radical (unpaired) electrons. The van der Waals surface area contributed by atoms with Gasteiger partial charge in [-0.1, -0.05) is 18.2 Å². The van der Waals surface area contributed by atoms with Crippen LogP contribution in [0.2, 0.25) is 0 Å². The highest BCUT2D eigenvalue weighted by Gasteiger charge is 2.46. The predicted octanol–water partition coefficient (Wildman–Crippen LogP) is 2.83. The van der Waals surface area contributed by atoms with Crippen molar-refractivity contribution in [3.63, 3.8) is 0 Å². The van der Waals surface area contributed by atoms with Crippen LogP contribution in [0.3, 0.4) is 0 Å². The molecule has 164 valence electrons. The van der Waals surface area contributed by atoms with Gasteiger partial charge in [0.1, 0.15) is 11.5 Å². The number of likely N-dealkylation sites (tertiary alicyclic amines) is 1. The molecule has 0 unspecified atom stereocenters. The van der Waals surface area contributed by atoms with Crippen molar-refractivity contribution < 1.29 is 28.6 Å². The van der Waals surface area contributed by atoms with E-state index < -0.39 is 29.3 Å². The molecule has 1 saturated heterocycles. The maximum absolute atomic E-state index is 14.3. The summed E-state index contributed by atoms with van der Waals surface area (Å²) in [7, 11) is 6.53.